The summed E-state index contributed by atoms with van der Waals surface area (Å²) in [5.74, 6) is 0.0404. The molecule has 1 unspecified atom stereocenters. The van der Waals surface area contributed by atoms with Crippen molar-refractivity contribution in [1.29, 1.82) is 0 Å². The molecule has 0 saturated carbocycles. The summed E-state index contributed by atoms with van der Waals surface area (Å²) in [5.41, 5.74) is 2.38. The third-order valence-electron chi connectivity index (χ3n) is 2.59. The van der Waals surface area contributed by atoms with Gasteiger partial charge in [0.2, 0.25) is 5.91 Å². The normalized spacial score (nSPS) is 12.2. The SMILES string of the molecule is CCNC(=O)C(C)NCc1ccc(C)c(Br)c1. The Morgan fingerprint density at radius 1 is 1.47 bits per heavy atom. The van der Waals surface area contributed by atoms with Gasteiger partial charge in [0.15, 0.2) is 0 Å². The average molecular weight is 299 g/mol. The zero-order valence-corrected chi connectivity index (χ0v) is 12.1. The molecular weight excluding hydrogens is 280 g/mol. The Bertz CT molecular complexity index is 393. The summed E-state index contributed by atoms with van der Waals surface area (Å²) in [7, 11) is 0. The van der Waals surface area contributed by atoms with E-state index in [-0.39, 0.29) is 11.9 Å². The van der Waals surface area contributed by atoms with Gasteiger partial charge in [-0.25, -0.2) is 0 Å². The van der Waals surface area contributed by atoms with Crippen LogP contribution in [0, 0.1) is 6.92 Å². The van der Waals surface area contributed by atoms with Crippen LogP contribution in [0.2, 0.25) is 0 Å². The first-order valence-corrected chi connectivity index (χ1v) is 6.60. The van der Waals surface area contributed by atoms with Gasteiger partial charge in [0, 0.05) is 17.6 Å². The lowest BCUT2D eigenvalue weighted by Gasteiger charge is -2.13. The molecule has 1 amide bonds. The first kappa shape index (κ1) is 14.2. The third-order valence-corrected chi connectivity index (χ3v) is 3.45. The monoisotopic (exact) mass is 298 g/mol. The van der Waals surface area contributed by atoms with E-state index in [1.165, 1.54) is 11.1 Å². The van der Waals surface area contributed by atoms with E-state index in [9.17, 15) is 4.79 Å². The highest BCUT2D eigenvalue weighted by atomic mass is 79.9. The third kappa shape index (κ3) is 4.48. The van der Waals surface area contributed by atoms with Crippen LogP contribution in [0.25, 0.3) is 0 Å². The number of carbonyl (C=O) groups is 1. The molecule has 0 aliphatic heterocycles. The summed E-state index contributed by atoms with van der Waals surface area (Å²) >= 11 is 3.50. The number of likely N-dealkylation sites (N-methyl/N-ethyl adjacent to an activating group) is 1. The Labute approximate surface area is 111 Å². The van der Waals surface area contributed by atoms with Gasteiger partial charge in [0.25, 0.3) is 0 Å². The first-order valence-electron chi connectivity index (χ1n) is 5.80. The maximum atomic E-state index is 11.5. The van der Waals surface area contributed by atoms with Crippen molar-refractivity contribution in [3.05, 3.63) is 33.8 Å². The van der Waals surface area contributed by atoms with Crippen molar-refractivity contribution < 1.29 is 4.79 Å². The Hall–Kier alpha value is -0.870. The van der Waals surface area contributed by atoms with Crippen molar-refractivity contribution >= 4 is 21.8 Å². The average Bonchev–Trinajstić information content (AvgIpc) is 2.30. The minimum absolute atomic E-state index is 0.0404. The number of carbonyl (C=O) groups excluding carboxylic acids is 1. The van der Waals surface area contributed by atoms with E-state index >= 15 is 0 Å². The first-order chi connectivity index (χ1) is 8.04. The van der Waals surface area contributed by atoms with E-state index in [1.807, 2.05) is 13.8 Å². The van der Waals surface area contributed by atoms with Gasteiger partial charge in [-0.15, -0.1) is 0 Å². The molecule has 17 heavy (non-hydrogen) atoms. The maximum absolute atomic E-state index is 11.5. The highest BCUT2D eigenvalue weighted by molar-refractivity contribution is 9.10. The highest BCUT2D eigenvalue weighted by Crippen LogP contribution is 2.17. The van der Waals surface area contributed by atoms with Crippen LogP contribution < -0.4 is 10.6 Å². The van der Waals surface area contributed by atoms with Crippen LogP contribution in [0.4, 0.5) is 0 Å². The molecule has 1 rings (SSSR count). The lowest BCUT2D eigenvalue weighted by Crippen LogP contribution is -2.41. The molecule has 0 saturated heterocycles. The standard InChI is InChI=1S/C13H19BrN2O/c1-4-15-13(17)10(3)16-8-11-6-5-9(2)12(14)7-11/h5-7,10,16H,4,8H2,1-3H3,(H,15,17). The van der Waals surface area contributed by atoms with Crippen LogP contribution in [0.5, 0.6) is 0 Å². The quantitative estimate of drug-likeness (QED) is 0.876. The fourth-order valence-electron chi connectivity index (χ4n) is 1.44. The van der Waals surface area contributed by atoms with E-state index in [0.29, 0.717) is 13.1 Å². The molecule has 1 aromatic rings. The summed E-state index contributed by atoms with van der Waals surface area (Å²) in [5, 5.41) is 5.99. The summed E-state index contributed by atoms with van der Waals surface area (Å²) in [6.07, 6.45) is 0. The lowest BCUT2D eigenvalue weighted by atomic mass is 10.1. The number of rotatable bonds is 5. The highest BCUT2D eigenvalue weighted by Gasteiger charge is 2.10. The van der Waals surface area contributed by atoms with Gasteiger partial charge >= 0.3 is 0 Å². The van der Waals surface area contributed by atoms with Crippen LogP contribution in [-0.2, 0) is 11.3 Å². The van der Waals surface area contributed by atoms with Gasteiger partial charge in [-0.05, 0) is 38.0 Å². The van der Waals surface area contributed by atoms with Crippen LogP contribution >= 0.6 is 15.9 Å². The van der Waals surface area contributed by atoms with Gasteiger partial charge < -0.3 is 10.6 Å². The largest absolute Gasteiger partial charge is 0.355 e. The summed E-state index contributed by atoms with van der Waals surface area (Å²) in [4.78, 5) is 11.5. The molecule has 3 nitrogen and oxygen atoms in total. The second kappa shape index (κ2) is 6.77. The Morgan fingerprint density at radius 2 is 2.18 bits per heavy atom. The van der Waals surface area contributed by atoms with E-state index in [0.717, 1.165) is 4.47 Å². The van der Waals surface area contributed by atoms with E-state index in [2.05, 4.69) is 51.7 Å². The van der Waals surface area contributed by atoms with Crippen LogP contribution in [0.3, 0.4) is 0 Å². The Balaban J connectivity index is 2.50. The van der Waals surface area contributed by atoms with Gasteiger partial charge in [-0.3, -0.25) is 4.79 Å². The molecule has 2 N–H and O–H groups in total. The van der Waals surface area contributed by atoms with Crippen LogP contribution in [0.1, 0.15) is 25.0 Å². The molecule has 4 heteroatoms. The zero-order chi connectivity index (χ0) is 12.8. The molecule has 0 fully saturated rings. The van der Waals surface area contributed by atoms with Gasteiger partial charge in [0.1, 0.15) is 0 Å². The minimum atomic E-state index is -0.171. The second-order valence-electron chi connectivity index (χ2n) is 4.08. The van der Waals surface area contributed by atoms with Crippen molar-refractivity contribution in [2.45, 2.75) is 33.4 Å². The summed E-state index contributed by atoms with van der Waals surface area (Å²) in [6.45, 7) is 7.20. The fraction of sp³-hybridized carbons (Fsp3) is 0.462. The van der Waals surface area contributed by atoms with Gasteiger partial charge in [-0.1, -0.05) is 28.1 Å². The number of amides is 1. The molecule has 0 spiro atoms. The topological polar surface area (TPSA) is 41.1 Å². The van der Waals surface area contributed by atoms with Crippen LogP contribution in [0.15, 0.2) is 22.7 Å². The molecule has 1 aromatic carbocycles. The summed E-state index contributed by atoms with van der Waals surface area (Å²) in [6, 6.07) is 6.04. The van der Waals surface area contributed by atoms with Crippen molar-refractivity contribution in [2.75, 3.05) is 6.54 Å². The van der Waals surface area contributed by atoms with Gasteiger partial charge in [0.05, 0.1) is 6.04 Å². The smallest absolute Gasteiger partial charge is 0.236 e. The number of hydrogen-bond acceptors (Lipinski definition) is 2. The fourth-order valence-corrected chi connectivity index (χ4v) is 1.86. The summed E-state index contributed by atoms with van der Waals surface area (Å²) < 4.78 is 1.10. The van der Waals surface area contributed by atoms with Crippen LogP contribution in [-0.4, -0.2) is 18.5 Å². The number of aryl methyl sites for hydroxylation is 1. The maximum Gasteiger partial charge on any atom is 0.236 e. The van der Waals surface area contributed by atoms with Crippen molar-refractivity contribution in [1.82, 2.24) is 10.6 Å². The van der Waals surface area contributed by atoms with Gasteiger partial charge in [-0.2, -0.15) is 0 Å². The number of benzene rings is 1. The Morgan fingerprint density at radius 3 is 2.76 bits per heavy atom. The number of nitrogens with one attached hydrogen (secondary N) is 2. The second-order valence-corrected chi connectivity index (χ2v) is 4.94. The van der Waals surface area contributed by atoms with Crippen molar-refractivity contribution in [3.63, 3.8) is 0 Å². The van der Waals surface area contributed by atoms with E-state index < -0.39 is 0 Å². The molecule has 0 bridgehead atoms. The zero-order valence-electron chi connectivity index (χ0n) is 10.5. The molecule has 0 aromatic heterocycles. The predicted molar refractivity (Wildman–Crippen MR) is 73.9 cm³/mol. The van der Waals surface area contributed by atoms with Crippen molar-refractivity contribution in [3.8, 4) is 0 Å². The molecule has 94 valence electrons. The Kier molecular flexibility index (Phi) is 5.65. The molecule has 1 atom stereocenters. The van der Waals surface area contributed by atoms with Crippen molar-refractivity contribution in [2.24, 2.45) is 0 Å². The minimum Gasteiger partial charge on any atom is -0.355 e. The molecule has 0 aliphatic carbocycles. The predicted octanol–water partition coefficient (Wildman–Crippen LogP) is 2.37. The molecule has 0 aliphatic rings. The molecule has 0 radical (unpaired) electrons. The molecule has 0 heterocycles. The number of halogens is 1. The lowest BCUT2D eigenvalue weighted by molar-refractivity contribution is -0.122. The van der Waals surface area contributed by atoms with E-state index in [4.69, 9.17) is 0 Å². The number of hydrogen-bond donors (Lipinski definition) is 2. The van der Waals surface area contributed by atoms with E-state index in [1.54, 1.807) is 0 Å². The molecular formula is C13H19BrN2O.